The van der Waals surface area contributed by atoms with E-state index in [1.54, 1.807) is 18.3 Å². The predicted molar refractivity (Wildman–Crippen MR) is 71.9 cm³/mol. The lowest BCUT2D eigenvalue weighted by atomic mass is 10.2. The molecule has 0 aliphatic heterocycles. The highest BCUT2D eigenvalue weighted by atomic mass is 79.9. The number of nitrogen functional groups attached to an aromatic ring is 1. The highest BCUT2D eigenvalue weighted by Gasteiger charge is 2.11. The first-order chi connectivity index (χ1) is 8.58. The molecule has 1 aromatic carbocycles. The largest absolute Gasteiger partial charge is 0.398 e. The van der Waals surface area contributed by atoms with Crippen molar-refractivity contribution in [2.45, 2.75) is 16.3 Å². The molecular formula is C12H9BrF2N2S. The van der Waals surface area contributed by atoms with Crippen LogP contribution in [0.2, 0.25) is 0 Å². The standard InChI is InChI=1S/C12H9BrF2N2S/c13-8-2-1-5-17-12(8)18-10-4-3-7(11(14)15)6-9(10)16/h1-6,11H,16H2. The number of nitrogens with two attached hydrogens (primary N) is 1. The Balaban J connectivity index is 2.28. The molecule has 2 N–H and O–H groups in total. The zero-order valence-electron chi connectivity index (χ0n) is 9.11. The molecule has 2 nitrogen and oxygen atoms in total. The third-order valence-electron chi connectivity index (χ3n) is 2.22. The van der Waals surface area contributed by atoms with Crippen LogP contribution in [-0.4, -0.2) is 4.98 Å². The van der Waals surface area contributed by atoms with Gasteiger partial charge in [0.05, 0.1) is 4.47 Å². The quantitative estimate of drug-likeness (QED) is 0.841. The summed E-state index contributed by atoms with van der Waals surface area (Å²) in [5.74, 6) is 0. The summed E-state index contributed by atoms with van der Waals surface area (Å²) >= 11 is 4.71. The van der Waals surface area contributed by atoms with Crippen LogP contribution in [0.15, 0.2) is 50.9 Å². The Morgan fingerprint density at radius 3 is 2.67 bits per heavy atom. The first kappa shape index (κ1) is 13.3. The van der Waals surface area contributed by atoms with Crippen molar-refractivity contribution >= 4 is 33.4 Å². The van der Waals surface area contributed by atoms with Crippen LogP contribution in [0.3, 0.4) is 0 Å². The van der Waals surface area contributed by atoms with Crippen molar-refractivity contribution in [2.75, 3.05) is 5.73 Å². The summed E-state index contributed by atoms with van der Waals surface area (Å²) in [5, 5.41) is 0.744. The van der Waals surface area contributed by atoms with Crippen molar-refractivity contribution in [1.82, 2.24) is 4.98 Å². The van der Waals surface area contributed by atoms with Gasteiger partial charge in [-0.05, 0) is 40.2 Å². The topological polar surface area (TPSA) is 38.9 Å². The van der Waals surface area contributed by atoms with E-state index in [0.29, 0.717) is 10.6 Å². The number of aromatic nitrogens is 1. The molecule has 0 fully saturated rings. The van der Waals surface area contributed by atoms with Gasteiger partial charge in [-0.3, -0.25) is 0 Å². The van der Waals surface area contributed by atoms with Crippen LogP contribution in [0, 0.1) is 0 Å². The Kier molecular flexibility index (Phi) is 4.19. The van der Waals surface area contributed by atoms with E-state index in [-0.39, 0.29) is 5.56 Å². The zero-order chi connectivity index (χ0) is 13.1. The minimum atomic E-state index is -2.51. The molecule has 0 bridgehead atoms. The van der Waals surface area contributed by atoms with E-state index in [1.165, 1.54) is 23.9 Å². The molecule has 0 saturated heterocycles. The molecule has 6 heteroatoms. The van der Waals surface area contributed by atoms with Crippen LogP contribution in [0.5, 0.6) is 0 Å². The van der Waals surface area contributed by atoms with Gasteiger partial charge in [-0.25, -0.2) is 13.8 Å². The van der Waals surface area contributed by atoms with Crippen molar-refractivity contribution in [3.8, 4) is 0 Å². The van der Waals surface area contributed by atoms with E-state index >= 15 is 0 Å². The lowest BCUT2D eigenvalue weighted by molar-refractivity contribution is 0.151. The maximum Gasteiger partial charge on any atom is 0.263 e. The van der Waals surface area contributed by atoms with Gasteiger partial charge in [-0.2, -0.15) is 0 Å². The molecule has 1 aromatic heterocycles. The Bertz CT molecular complexity index is 564. The van der Waals surface area contributed by atoms with Crippen LogP contribution >= 0.6 is 27.7 Å². The fraction of sp³-hybridized carbons (Fsp3) is 0.0833. The van der Waals surface area contributed by atoms with Gasteiger partial charge in [0, 0.05) is 22.3 Å². The van der Waals surface area contributed by atoms with Gasteiger partial charge in [-0.1, -0.05) is 17.8 Å². The van der Waals surface area contributed by atoms with E-state index in [0.717, 1.165) is 9.50 Å². The highest BCUT2D eigenvalue weighted by molar-refractivity contribution is 9.10. The molecule has 0 saturated carbocycles. The summed E-state index contributed by atoms with van der Waals surface area (Å²) in [7, 11) is 0. The van der Waals surface area contributed by atoms with Crippen LogP contribution < -0.4 is 5.73 Å². The second kappa shape index (κ2) is 5.67. The second-order valence-electron chi connectivity index (χ2n) is 3.49. The molecule has 0 amide bonds. The maximum atomic E-state index is 12.5. The number of pyridine rings is 1. The van der Waals surface area contributed by atoms with Crippen molar-refractivity contribution < 1.29 is 8.78 Å². The molecule has 0 unspecified atom stereocenters. The summed E-state index contributed by atoms with van der Waals surface area (Å²) in [6, 6.07) is 7.92. The third kappa shape index (κ3) is 3.00. The number of anilines is 1. The molecule has 0 radical (unpaired) electrons. The Hall–Kier alpha value is -1.14. The SMILES string of the molecule is Nc1cc(C(F)F)ccc1Sc1ncccc1Br. The summed E-state index contributed by atoms with van der Waals surface area (Å²) in [6.07, 6.45) is -0.843. The highest BCUT2D eigenvalue weighted by Crippen LogP contribution is 2.36. The number of hydrogen-bond acceptors (Lipinski definition) is 3. The van der Waals surface area contributed by atoms with Crippen molar-refractivity contribution in [3.05, 3.63) is 46.6 Å². The van der Waals surface area contributed by atoms with Gasteiger partial charge in [0.1, 0.15) is 5.03 Å². The monoisotopic (exact) mass is 330 g/mol. The summed E-state index contributed by atoms with van der Waals surface area (Å²) in [5.41, 5.74) is 6.02. The van der Waals surface area contributed by atoms with E-state index in [9.17, 15) is 8.78 Å². The van der Waals surface area contributed by atoms with Crippen molar-refractivity contribution in [3.63, 3.8) is 0 Å². The minimum absolute atomic E-state index is 0.0723. The molecular weight excluding hydrogens is 322 g/mol. The number of hydrogen-bond donors (Lipinski definition) is 1. The zero-order valence-corrected chi connectivity index (χ0v) is 11.5. The Labute approximate surface area is 116 Å². The lowest BCUT2D eigenvalue weighted by Crippen LogP contribution is -1.93. The predicted octanol–water partition coefficient (Wildman–Crippen LogP) is 4.52. The lowest BCUT2D eigenvalue weighted by Gasteiger charge is -2.08. The molecule has 0 aliphatic carbocycles. The van der Waals surface area contributed by atoms with E-state index in [2.05, 4.69) is 20.9 Å². The smallest absolute Gasteiger partial charge is 0.263 e. The number of benzene rings is 1. The van der Waals surface area contributed by atoms with Crippen LogP contribution in [0.1, 0.15) is 12.0 Å². The second-order valence-corrected chi connectivity index (χ2v) is 5.38. The van der Waals surface area contributed by atoms with Crippen LogP contribution in [0.25, 0.3) is 0 Å². The Morgan fingerprint density at radius 2 is 2.06 bits per heavy atom. The molecule has 2 aromatic rings. The van der Waals surface area contributed by atoms with E-state index < -0.39 is 6.43 Å². The van der Waals surface area contributed by atoms with Gasteiger partial charge in [0.15, 0.2) is 0 Å². The average molecular weight is 331 g/mol. The number of alkyl halides is 2. The fourth-order valence-electron chi connectivity index (χ4n) is 1.35. The summed E-state index contributed by atoms with van der Waals surface area (Å²) < 4.78 is 25.8. The molecule has 0 spiro atoms. The third-order valence-corrected chi connectivity index (χ3v) is 4.23. The van der Waals surface area contributed by atoms with Gasteiger partial charge in [-0.15, -0.1) is 0 Å². The average Bonchev–Trinajstić information content (AvgIpc) is 2.34. The molecule has 94 valence electrons. The molecule has 0 aliphatic rings. The van der Waals surface area contributed by atoms with Crippen LogP contribution in [-0.2, 0) is 0 Å². The molecule has 18 heavy (non-hydrogen) atoms. The summed E-state index contributed by atoms with van der Waals surface area (Å²) in [4.78, 5) is 4.89. The van der Waals surface area contributed by atoms with E-state index in [4.69, 9.17) is 5.73 Å². The number of nitrogens with zero attached hydrogens (tertiary/aromatic N) is 1. The normalized spacial score (nSPS) is 10.9. The van der Waals surface area contributed by atoms with Gasteiger partial charge >= 0.3 is 0 Å². The Morgan fingerprint density at radius 1 is 1.28 bits per heavy atom. The molecule has 2 rings (SSSR count). The van der Waals surface area contributed by atoms with Crippen LogP contribution in [0.4, 0.5) is 14.5 Å². The van der Waals surface area contributed by atoms with Gasteiger partial charge < -0.3 is 5.73 Å². The minimum Gasteiger partial charge on any atom is -0.398 e. The van der Waals surface area contributed by atoms with Gasteiger partial charge in [0.25, 0.3) is 6.43 Å². The number of rotatable bonds is 3. The first-order valence-corrected chi connectivity index (χ1v) is 6.65. The van der Waals surface area contributed by atoms with E-state index in [1.807, 2.05) is 6.07 Å². The first-order valence-electron chi connectivity index (χ1n) is 5.04. The van der Waals surface area contributed by atoms with Crippen molar-refractivity contribution in [1.29, 1.82) is 0 Å². The molecule has 0 atom stereocenters. The summed E-state index contributed by atoms with van der Waals surface area (Å²) in [6.45, 7) is 0. The number of halogens is 3. The fourth-order valence-corrected chi connectivity index (χ4v) is 2.64. The van der Waals surface area contributed by atoms with Crippen molar-refractivity contribution in [2.24, 2.45) is 0 Å². The maximum absolute atomic E-state index is 12.5. The molecule has 1 heterocycles. The van der Waals surface area contributed by atoms with Gasteiger partial charge in [0.2, 0.25) is 0 Å².